The van der Waals surface area contributed by atoms with Crippen molar-refractivity contribution in [3.63, 3.8) is 0 Å². The molecule has 0 bridgehead atoms. The third-order valence-corrected chi connectivity index (χ3v) is 1.98. The first-order chi connectivity index (χ1) is 7.20. The molecule has 0 N–H and O–H groups in total. The second-order valence-corrected chi connectivity index (χ2v) is 3.54. The highest BCUT2D eigenvalue weighted by atomic mass is 16.5. The van der Waals surface area contributed by atoms with Gasteiger partial charge < -0.3 is 4.74 Å². The summed E-state index contributed by atoms with van der Waals surface area (Å²) >= 11 is 0. The van der Waals surface area contributed by atoms with E-state index in [1.165, 1.54) is 6.42 Å². The Bertz CT molecular complexity index is 227. The van der Waals surface area contributed by atoms with Crippen LogP contribution >= 0.6 is 0 Å². The Morgan fingerprint density at radius 2 is 1.87 bits per heavy atom. The monoisotopic (exact) mass is 210 g/mol. The molecule has 2 heteroatoms. The zero-order valence-corrected chi connectivity index (χ0v) is 10.1. The molecular weight excluding hydrogens is 188 g/mol. The fourth-order valence-corrected chi connectivity index (χ4v) is 1.17. The van der Waals surface area contributed by atoms with Crippen LogP contribution in [0.3, 0.4) is 0 Å². The minimum Gasteiger partial charge on any atom is -0.463 e. The van der Waals surface area contributed by atoms with E-state index < -0.39 is 0 Å². The smallest absolute Gasteiger partial charge is 0.330 e. The highest BCUT2D eigenvalue weighted by Gasteiger charge is 1.96. The van der Waals surface area contributed by atoms with Gasteiger partial charge >= 0.3 is 5.97 Å². The standard InChI is InChI=1S/C13H22O2/c1-4-6-7-8-9-10-12(3)11-13(14)15-5-2/h7-8,11H,4-6,9-10H2,1-3H3/b8-7+,12-11+. The summed E-state index contributed by atoms with van der Waals surface area (Å²) in [6, 6.07) is 0. The maximum atomic E-state index is 11.1. The van der Waals surface area contributed by atoms with Crippen LogP contribution in [0.15, 0.2) is 23.8 Å². The molecule has 0 aliphatic heterocycles. The minimum atomic E-state index is -0.229. The van der Waals surface area contributed by atoms with Crippen LogP contribution in [0.4, 0.5) is 0 Å². The number of esters is 1. The molecule has 0 aromatic rings. The Balaban J connectivity index is 3.72. The van der Waals surface area contributed by atoms with E-state index >= 15 is 0 Å². The number of ether oxygens (including phenoxy) is 1. The normalized spacial score (nSPS) is 12.1. The average molecular weight is 210 g/mol. The Hall–Kier alpha value is -1.05. The third kappa shape index (κ3) is 9.26. The number of rotatable bonds is 7. The van der Waals surface area contributed by atoms with Crippen molar-refractivity contribution in [1.29, 1.82) is 0 Å². The first-order valence-corrected chi connectivity index (χ1v) is 5.69. The van der Waals surface area contributed by atoms with Crippen LogP contribution in [0, 0.1) is 0 Å². The molecule has 86 valence electrons. The maximum Gasteiger partial charge on any atom is 0.330 e. The number of carbonyl (C=O) groups excluding carboxylic acids is 1. The molecule has 0 amide bonds. The van der Waals surface area contributed by atoms with Crippen molar-refractivity contribution in [2.75, 3.05) is 6.61 Å². The number of hydrogen-bond acceptors (Lipinski definition) is 2. The fourth-order valence-electron chi connectivity index (χ4n) is 1.17. The van der Waals surface area contributed by atoms with Crippen LogP contribution in [0.1, 0.15) is 46.5 Å². The van der Waals surface area contributed by atoms with Crippen LogP contribution in [0.2, 0.25) is 0 Å². The molecule has 0 fully saturated rings. The topological polar surface area (TPSA) is 26.3 Å². The highest BCUT2D eigenvalue weighted by molar-refractivity contribution is 5.82. The second kappa shape index (κ2) is 9.50. The predicted molar refractivity (Wildman–Crippen MR) is 63.7 cm³/mol. The first kappa shape index (κ1) is 13.9. The van der Waals surface area contributed by atoms with Gasteiger partial charge in [0.05, 0.1) is 6.61 Å². The van der Waals surface area contributed by atoms with Crippen molar-refractivity contribution < 1.29 is 9.53 Å². The predicted octanol–water partition coefficient (Wildman–Crippen LogP) is 3.63. The van der Waals surface area contributed by atoms with Gasteiger partial charge in [0.25, 0.3) is 0 Å². The van der Waals surface area contributed by atoms with Gasteiger partial charge in [-0.05, 0) is 33.1 Å². The van der Waals surface area contributed by atoms with Crippen molar-refractivity contribution in [2.45, 2.75) is 46.5 Å². The second-order valence-electron chi connectivity index (χ2n) is 3.54. The molecule has 2 nitrogen and oxygen atoms in total. The van der Waals surface area contributed by atoms with Crippen LogP contribution in [-0.4, -0.2) is 12.6 Å². The molecule has 15 heavy (non-hydrogen) atoms. The van der Waals surface area contributed by atoms with Crippen molar-refractivity contribution in [3.05, 3.63) is 23.8 Å². The van der Waals surface area contributed by atoms with E-state index in [0.717, 1.165) is 24.8 Å². The molecular formula is C13H22O2. The van der Waals surface area contributed by atoms with Gasteiger partial charge in [-0.2, -0.15) is 0 Å². The Labute approximate surface area is 93.0 Å². The molecule has 0 saturated heterocycles. The largest absolute Gasteiger partial charge is 0.463 e. The average Bonchev–Trinajstić information content (AvgIpc) is 2.17. The summed E-state index contributed by atoms with van der Waals surface area (Å²) in [6.45, 7) is 6.38. The van der Waals surface area contributed by atoms with Gasteiger partial charge in [0.2, 0.25) is 0 Å². The van der Waals surface area contributed by atoms with Crippen molar-refractivity contribution in [1.82, 2.24) is 0 Å². The summed E-state index contributed by atoms with van der Waals surface area (Å²) in [4.78, 5) is 11.1. The van der Waals surface area contributed by atoms with E-state index in [0.29, 0.717) is 6.61 Å². The lowest BCUT2D eigenvalue weighted by Crippen LogP contribution is -2.00. The first-order valence-electron chi connectivity index (χ1n) is 5.69. The number of carbonyl (C=O) groups is 1. The van der Waals surface area contributed by atoms with Crippen LogP contribution in [-0.2, 0) is 9.53 Å². The van der Waals surface area contributed by atoms with E-state index in [1.807, 2.05) is 13.8 Å². The molecule has 0 heterocycles. The van der Waals surface area contributed by atoms with Gasteiger partial charge in [0, 0.05) is 6.08 Å². The molecule has 0 spiro atoms. The summed E-state index contributed by atoms with van der Waals surface area (Å²) < 4.78 is 4.82. The third-order valence-electron chi connectivity index (χ3n) is 1.98. The molecule has 0 atom stereocenters. The molecule has 0 rings (SSSR count). The Morgan fingerprint density at radius 3 is 2.47 bits per heavy atom. The van der Waals surface area contributed by atoms with Crippen molar-refractivity contribution in [2.24, 2.45) is 0 Å². The van der Waals surface area contributed by atoms with E-state index in [2.05, 4.69) is 19.1 Å². The molecule has 0 aromatic carbocycles. The lowest BCUT2D eigenvalue weighted by Gasteiger charge is -1.99. The van der Waals surface area contributed by atoms with E-state index in [9.17, 15) is 4.79 Å². The number of allylic oxidation sites excluding steroid dienone is 3. The van der Waals surface area contributed by atoms with Gasteiger partial charge in [-0.3, -0.25) is 0 Å². The van der Waals surface area contributed by atoms with Gasteiger partial charge in [-0.15, -0.1) is 0 Å². The summed E-state index contributed by atoms with van der Waals surface area (Å²) in [5.41, 5.74) is 1.08. The summed E-state index contributed by atoms with van der Waals surface area (Å²) in [6.07, 6.45) is 10.2. The molecule has 0 unspecified atom stereocenters. The molecule has 0 aliphatic carbocycles. The Kier molecular flexibility index (Phi) is 8.84. The number of hydrogen-bond donors (Lipinski definition) is 0. The minimum absolute atomic E-state index is 0.229. The van der Waals surface area contributed by atoms with E-state index in [-0.39, 0.29) is 5.97 Å². The zero-order valence-electron chi connectivity index (χ0n) is 10.1. The van der Waals surface area contributed by atoms with Crippen molar-refractivity contribution in [3.8, 4) is 0 Å². The van der Waals surface area contributed by atoms with Crippen LogP contribution in [0.25, 0.3) is 0 Å². The highest BCUT2D eigenvalue weighted by Crippen LogP contribution is 2.05. The molecule has 0 aliphatic rings. The van der Waals surface area contributed by atoms with E-state index in [4.69, 9.17) is 4.74 Å². The maximum absolute atomic E-state index is 11.1. The molecule has 0 saturated carbocycles. The molecule has 0 aromatic heterocycles. The zero-order chi connectivity index (χ0) is 11.5. The Morgan fingerprint density at radius 1 is 1.20 bits per heavy atom. The van der Waals surface area contributed by atoms with Gasteiger partial charge in [0.1, 0.15) is 0 Å². The van der Waals surface area contributed by atoms with Crippen molar-refractivity contribution >= 4 is 5.97 Å². The lowest BCUT2D eigenvalue weighted by molar-refractivity contribution is -0.137. The van der Waals surface area contributed by atoms with Gasteiger partial charge in [0.15, 0.2) is 0 Å². The molecule has 0 radical (unpaired) electrons. The van der Waals surface area contributed by atoms with E-state index in [1.54, 1.807) is 6.08 Å². The quantitative estimate of drug-likeness (QED) is 0.364. The lowest BCUT2D eigenvalue weighted by atomic mass is 10.1. The fraction of sp³-hybridized carbons (Fsp3) is 0.615. The summed E-state index contributed by atoms with van der Waals surface area (Å²) in [5.74, 6) is -0.229. The van der Waals surface area contributed by atoms with Gasteiger partial charge in [-0.1, -0.05) is 31.1 Å². The van der Waals surface area contributed by atoms with Gasteiger partial charge in [-0.25, -0.2) is 4.79 Å². The SMILES string of the molecule is CCC/C=C/CC/C(C)=C/C(=O)OCC. The van der Waals surface area contributed by atoms with Crippen LogP contribution in [0.5, 0.6) is 0 Å². The van der Waals surface area contributed by atoms with Crippen LogP contribution < -0.4 is 0 Å². The number of unbranched alkanes of at least 4 members (excludes halogenated alkanes) is 1. The summed E-state index contributed by atoms with van der Waals surface area (Å²) in [7, 11) is 0. The summed E-state index contributed by atoms with van der Waals surface area (Å²) in [5, 5.41) is 0.